The zero-order chi connectivity index (χ0) is 15.1. The Kier molecular flexibility index (Phi) is 6.66. The van der Waals surface area contributed by atoms with Crippen molar-refractivity contribution in [3.8, 4) is 0 Å². The van der Waals surface area contributed by atoms with Gasteiger partial charge in [-0.05, 0) is 42.0 Å². The molecule has 2 nitrogen and oxygen atoms in total. The van der Waals surface area contributed by atoms with E-state index in [9.17, 15) is 0 Å². The van der Waals surface area contributed by atoms with Gasteiger partial charge in [-0.3, -0.25) is 0 Å². The molecule has 0 saturated carbocycles. The van der Waals surface area contributed by atoms with E-state index in [2.05, 4.69) is 61.9 Å². The third-order valence-electron chi connectivity index (χ3n) is 2.90. The lowest BCUT2D eigenvalue weighted by Crippen LogP contribution is -1.96. The summed E-state index contributed by atoms with van der Waals surface area (Å²) in [4.78, 5) is 8.06. The highest BCUT2D eigenvalue weighted by Crippen LogP contribution is 2.14. The average Bonchev–Trinajstić information content (AvgIpc) is 2.39. The topological polar surface area (TPSA) is 25.8 Å². The lowest BCUT2D eigenvalue weighted by molar-refractivity contribution is 0.809. The average molecular weight is 291 g/mol. The summed E-state index contributed by atoms with van der Waals surface area (Å²) in [5, 5.41) is 0.341. The van der Waals surface area contributed by atoms with Gasteiger partial charge in [-0.1, -0.05) is 58.0 Å². The van der Waals surface area contributed by atoms with Crippen LogP contribution in [0.4, 0.5) is 0 Å². The van der Waals surface area contributed by atoms with Crippen LogP contribution in [0.2, 0.25) is 5.28 Å². The monoisotopic (exact) mass is 290 g/mol. The number of hydrogen-bond acceptors (Lipinski definition) is 2. The molecule has 1 aromatic heterocycles. The lowest BCUT2D eigenvalue weighted by atomic mass is 10.0. The van der Waals surface area contributed by atoms with Crippen LogP contribution in [0.1, 0.15) is 56.5 Å². The highest BCUT2D eigenvalue weighted by molar-refractivity contribution is 6.28. The molecule has 0 amide bonds. The van der Waals surface area contributed by atoms with Gasteiger partial charge in [0.1, 0.15) is 0 Å². The second-order valence-electron chi connectivity index (χ2n) is 5.42. The van der Waals surface area contributed by atoms with E-state index in [0.29, 0.717) is 17.1 Å². The summed E-state index contributed by atoms with van der Waals surface area (Å²) < 4.78 is 0. The van der Waals surface area contributed by atoms with E-state index in [0.717, 1.165) is 11.4 Å². The van der Waals surface area contributed by atoms with Crippen LogP contribution in [-0.2, 0) is 0 Å². The third-order valence-corrected chi connectivity index (χ3v) is 3.07. The standard InChI is InChI=1S/C9H12.C8H11ClN2/c1-8(2)9-6-4-3-5-7-9;1-5(2)7-4-6(3)10-8(9)11-7/h3-8H,1-2H3;4-5H,1-3H3. The number of aryl methyl sites for hydroxylation is 1. The van der Waals surface area contributed by atoms with Crippen molar-refractivity contribution in [2.24, 2.45) is 0 Å². The van der Waals surface area contributed by atoms with Crippen molar-refractivity contribution in [3.63, 3.8) is 0 Å². The summed E-state index contributed by atoms with van der Waals surface area (Å²) in [5.41, 5.74) is 3.34. The quantitative estimate of drug-likeness (QED) is 0.695. The highest BCUT2D eigenvalue weighted by Gasteiger charge is 2.03. The Morgan fingerprint density at radius 3 is 1.90 bits per heavy atom. The third kappa shape index (κ3) is 5.70. The van der Waals surface area contributed by atoms with Gasteiger partial charge in [0.05, 0.1) is 0 Å². The van der Waals surface area contributed by atoms with E-state index in [1.807, 2.05) is 19.1 Å². The van der Waals surface area contributed by atoms with Crippen LogP contribution in [0.3, 0.4) is 0 Å². The van der Waals surface area contributed by atoms with Gasteiger partial charge in [-0.2, -0.15) is 0 Å². The molecule has 0 saturated heterocycles. The predicted octanol–water partition coefficient (Wildman–Crippen LogP) is 5.37. The fourth-order valence-corrected chi connectivity index (χ4v) is 1.92. The number of aromatic nitrogens is 2. The van der Waals surface area contributed by atoms with Gasteiger partial charge in [0.25, 0.3) is 0 Å². The van der Waals surface area contributed by atoms with Crippen LogP contribution in [0.25, 0.3) is 0 Å². The van der Waals surface area contributed by atoms with E-state index < -0.39 is 0 Å². The molecule has 0 N–H and O–H groups in total. The van der Waals surface area contributed by atoms with E-state index in [-0.39, 0.29) is 0 Å². The second-order valence-corrected chi connectivity index (χ2v) is 5.76. The van der Waals surface area contributed by atoms with Gasteiger partial charge in [0, 0.05) is 11.4 Å². The maximum atomic E-state index is 5.67. The van der Waals surface area contributed by atoms with Gasteiger partial charge in [-0.25, -0.2) is 9.97 Å². The first-order chi connectivity index (χ1) is 9.40. The van der Waals surface area contributed by atoms with Crippen LogP contribution in [-0.4, -0.2) is 9.97 Å². The number of rotatable bonds is 2. The Morgan fingerprint density at radius 1 is 0.900 bits per heavy atom. The normalized spacial score (nSPS) is 10.4. The fourth-order valence-electron chi connectivity index (χ4n) is 1.69. The van der Waals surface area contributed by atoms with Crippen molar-refractivity contribution in [2.45, 2.75) is 46.5 Å². The molecule has 0 spiro atoms. The SMILES string of the molecule is CC(C)c1ccccc1.Cc1cc(C(C)C)nc(Cl)n1. The molecule has 108 valence electrons. The molecule has 2 aromatic rings. The number of halogens is 1. The first kappa shape index (κ1) is 16.6. The molecular formula is C17H23ClN2. The molecule has 3 heteroatoms. The largest absolute Gasteiger partial charge is 0.223 e. The number of nitrogens with zero attached hydrogens (tertiary/aromatic N) is 2. The van der Waals surface area contributed by atoms with E-state index in [1.165, 1.54) is 5.56 Å². The van der Waals surface area contributed by atoms with Gasteiger partial charge in [-0.15, -0.1) is 0 Å². The molecule has 2 rings (SSSR count). The molecule has 0 bridgehead atoms. The first-order valence-electron chi connectivity index (χ1n) is 6.96. The minimum atomic E-state index is 0.341. The molecule has 20 heavy (non-hydrogen) atoms. The van der Waals surface area contributed by atoms with Gasteiger partial charge < -0.3 is 0 Å². The lowest BCUT2D eigenvalue weighted by Gasteiger charge is -2.04. The molecule has 0 aliphatic carbocycles. The van der Waals surface area contributed by atoms with Crippen molar-refractivity contribution in [2.75, 3.05) is 0 Å². The first-order valence-corrected chi connectivity index (χ1v) is 7.34. The molecule has 0 aliphatic rings. The van der Waals surface area contributed by atoms with Crippen LogP contribution >= 0.6 is 11.6 Å². The summed E-state index contributed by atoms with van der Waals surface area (Å²) >= 11 is 5.67. The Morgan fingerprint density at radius 2 is 1.50 bits per heavy atom. The Hall–Kier alpha value is -1.41. The molecule has 1 heterocycles. The zero-order valence-corrected chi connectivity index (χ0v) is 13.6. The maximum Gasteiger partial charge on any atom is 0.222 e. The Balaban J connectivity index is 0.000000204. The second kappa shape index (κ2) is 8.01. The van der Waals surface area contributed by atoms with E-state index in [1.54, 1.807) is 0 Å². The maximum absolute atomic E-state index is 5.67. The summed E-state index contributed by atoms with van der Waals surface area (Å²) in [7, 11) is 0. The summed E-state index contributed by atoms with van der Waals surface area (Å²) in [6.45, 7) is 10.5. The predicted molar refractivity (Wildman–Crippen MR) is 86.4 cm³/mol. The van der Waals surface area contributed by atoms with Crippen molar-refractivity contribution < 1.29 is 0 Å². The zero-order valence-electron chi connectivity index (χ0n) is 12.9. The number of hydrogen-bond donors (Lipinski definition) is 0. The molecular weight excluding hydrogens is 268 g/mol. The minimum Gasteiger partial charge on any atom is -0.223 e. The molecule has 0 atom stereocenters. The fraction of sp³-hybridized carbons (Fsp3) is 0.412. The smallest absolute Gasteiger partial charge is 0.222 e. The summed E-state index contributed by atoms with van der Waals surface area (Å²) in [5.74, 6) is 1.07. The van der Waals surface area contributed by atoms with Gasteiger partial charge >= 0.3 is 0 Å². The molecule has 0 aliphatic heterocycles. The van der Waals surface area contributed by atoms with Crippen LogP contribution < -0.4 is 0 Å². The molecule has 1 aromatic carbocycles. The van der Waals surface area contributed by atoms with Gasteiger partial charge in [0.2, 0.25) is 5.28 Å². The van der Waals surface area contributed by atoms with Crippen molar-refractivity contribution in [1.29, 1.82) is 0 Å². The Labute approximate surface area is 127 Å². The van der Waals surface area contributed by atoms with Crippen molar-refractivity contribution >= 4 is 11.6 Å². The van der Waals surface area contributed by atoms with Crippen LogP contribution in [0.15, 0.2) is 36.4 Å². The van der Waals surface area contributed by atoms with Crippen LogP contribution in [0, 0.1) is 6.92 Å². The van der Waals surface area contributed by atoms with E-state index in [4.69, 9.17) is 11.6 Å². The van der Waals surface area contributed by atoms with Gasteiger partial charge in [0.15, 0.2) is 0 Å². The van der Waals surface area contributed by atoms with Crippen molar-refractivity contribution in [3.05, 3.63) is 58.6 Å². The van der Waals surface area contributed by atoms with Crippen LogP contribution in [0.5, 0.6) is 0 Å². The summed E-state index contributed by atoms with van der Waals surface area (Å²) in [6, 6.07) is 12.5. The minimum absolute atomic E-state index is 0.341. The molecule has 0 radical (unpaired) electrons. The highest BCUT2D eigenvalue weighted by atomic mass is 35.5. The molecule has 0 unspecified atom stereocenters. The van der Waals surface area contributed by atoms with Crippen molar-refractivity contribution in [1.82, 2.24) is 9.97 Å². The molecule has 0 fully saturated rings. The number of benzene rings is 1. The van der Waals surface area contributed by atoms with E-state index >= 15 is 0 Å². The summed E-state index contributed by atoms with van der Waals surface area (Å²) in [6.07, 6.45) is 0. The Bertz CT molecular complexity index is 502.